The third-order valence-corrected chi connectivity index (χ3v) is 5.11. The van der Waals surface area contributed by atoms with Gasteiger partial charge in [0.1, 0.15) is 17.7 Å². The highest BCUT2D eigenvalue weighted by Gasteiger charge is 2.28. The molecule has 0 bridgehead atoms. The van der Waals surface area contributed by atoms with Crippen molar-refractivity contribution in [1.82, 2.24) is 9.88 Å². The van der Waals surface area contributed by atoms with Crippen LogP contribution in [-0.4, -0.2) is 35.0 Å². The molecule has 5 heteroatoms. The van der Waals surface area contributed by atoms with E-state index in [-0.39, 0.29) is 17.8 Å². The number of ether oxygens (including phenoxy) is 1. The molecule has 1 saturated heterocycles. The molecule has 1 aliphatic rings. The second-order valence-corrected chi connectivity index (χ2v) is 7.39. The maximum atomic E-state index is 13.0. The van der Waals surface area contributed by atoms with Crippen molar-refractivity contribution >= 4 is 12.0 Å². The zero-order valence-electron chi connectivity index (χ0n) is 16.5. The number of aromatic nitrogens is 1. The van der Waals surface area contributed by atoms with E-state index in [0.29, 0.717) is 30.3 Å². The van der Waals surface area contributed by atoms with Crippen molar-refractivity contribution in [1.29, 1.82) is 0 Å². The van der Waals surface area contributed by atoms with Gasteiger partial charge in [-0.3, -0.25) is 9.78 Å². The number of halogens is 1. The van der Waals surface area contributed by atoms with Crippen LogP contribution in [0.3, 0.4) is 0 Å². The molecule has 0 aliphatic carbocycles. The largest absolute Gasteiger partial charge is 0.487 e. The van der Waals surface area contributed by atoms with Gasteiger partial charge in [0.2, 0.25) is 0 Å². The zero-order valence-corrected chi connectivity index (χ0v) is 16.5. The van der Waals surface area contributed by atoms with Crippen molar-refractivity contribution in [3.8, 4) is 5.75 Å². The molecule has 1 amide bonds. The van der Waals surface area contributed by atoms with E-state index >= 15 is 0 Å². The van der Waals surface area contributed by atoms with Crippen molar-refractivity contribution in [2.45, 2.75) is 39.2 Å². The maximum Gasteiger partial charge on any atom is 0.253 e. The highest BCUT2D eigenvalue weighted by Crippen LogP contribution is 2.21. The summed E-state index contributed by atoms with van der Waals surface area (Å²) in [7, 11) is 0. The Balaban J connectivity index is 1.56. The van der Waals surface area contributed by atoms with E-state index in [4.69, 9.17) is 4.74 Å². The fraction of sp³-hybridized carbons (Fsp3) is 0.391. The van der Waals surface area contributed by atoms with E-state index in [1.54, 1.807) is 11.1 Å². The topological polar surface area (TPSA) is 42.4 Å². The molecule has 0 spiro atoms. The maximum absolute atomic E-state index is 13.0. The number of amides is 1. The van der Waals surface area contributed by atoms with Gasteiger partial charge in [-0.25, -0.2) is 4.39 Å². The summed E-state index contributed by atoms with van der Waals surface area (Å²) in [5, 5.41) is 0. The smallest absolute Gasteiger partial charge is 0.253 e. The molecule has 0 unspecified atom stereocenters. The van der Waals surface area contributed by atoms with Crippen LogP contribution in [0.15, 0.2) is 48.8 Å². The first-order valence-corrected chi connectivity index (χ1v) is 9.88. The number of rotatable bonds is 7. The fourth-order valence-electron chi connectivity index (χ4n) is 3.17. The molecular weight excluding hydrogens is 355 g/mol. The fourth-order valence-corrected chi connectivity index (χ4v) is 3.17. The number of carbonyl (C=O) groups is 1. The summed E-state index contributed by atoms with van der Waals surface area (Å²) in [6.45, 7) is 5.58. The van der Waals surface area contributed by atoms with E-state index < -0.39 is 0 Å². The number of benzene rings is 1. The average molecular weight is 382 g/mol. The van der Waals surface area contributed by atoms with Gasteiger partial charge in [-0.1, -0.05) is 32.4 Å². The third-order valence-electron chi connectivity index (χ3n) is 5.11. The molecule has 2 atom stereocenters. The van der Waals surface area contributed by atoms with Crippen molar-refractivity contribution in [2.24, 2.45) is 5.92 Å². The first-order chi connectivity index (χ1) is 13.5. The lowest BCUT2D eigenvalue weighted by Crippen LogP contribution is -2.30. The molecule has 28 heavy (non-hydrogen) atoms. The Kier molecular flexibility index (Phi) is 6.80. The van der Waals surface area contributed by atoms with Crippen LogP contribution in [0.1, 0.15) is 49.0 Å². The molecule has 2 aromatic rings. The van der Waals surface area contributed by atoms with Crippen LogP contribution >= 0.6 is 0 Å². The normalized spacial score (nSPS) is 17.8. The minimum absolute atomic E-state index is 0.0643. The van der Waals surface area contributed by atoms with Gasteiger partial charge in [0.05, 0.1) is 12.7 Å². The Bertz CT molecular complexity index is 820. The van der Waals surface area contributed by atoms with Crippen LogP contribution in [0.2, 0.25) is 0 Å². The molecule has 0 radical (unpaired) electrons. The van der Waals surface area contributed by atoms with Crippen LogP contribution in [-0.2, 0) is 0 Å². The number of pyridine rings is 1. The summed E-state index contributed by atoms with van der Waals surface area (Å²) in [6, 6.07) is 7.63. The van der Waals surface area contributed by atoms with Gasteiger partial charge in [0.15, 0.2) is 0 Å². The van der Waals surface area contributed by atoms with Gasteiger partial charge >= 0.3 is 0 Å². The molecular formula is C23H27FN2O2. The predicted molar refractivity (Wildman–Crippen MR) is 109 cm³/mol. The van der Waals surface area contributed by atoms with Gasteiger partial charge in [-0.2, -0.15) is 0 Å². The lowest BCUT2D eigenvalue weighted by Gasteiger charge is -2.17. The van der Waals surface area contributed by atoms with Crippen molar-refractivity contribution in [3.05, 3.63) is 65.7 Å². The van der Waals surface area contributed by atoms with Gasteiger partial charge in [0, 0.05) is 24.7 Å². The molecule has 0 saturated carbocycles. The average Bonchev–Trinajstić information content (AvgIpc) is 3.16. The van der Waals surface area contributed by atoms with E-state index in [2.05, 4.69) is 31.0 Å². The zero-order chi connectivity index (χ0) is 19.9. The Hall–Kier alpha value is -2.69. The summed E-state index contributed by atoms with van der Waals surface area (Å²) in [6.07, 6.45) is 10.7. The Morgan fingerprint density at radius 1 is 1.36 bits per heavy atom. The van der Waals surface area contributed by atoms with Crippen molar-refractivity contribution in [2.75, 3.05) is 13.1 Å². The number of allylic oxidation sites excluding steroid dienone is 1. The molecule has 1 aliphatic heterocycles. The van der Waals surface area contributed by atoms with Crippen LogP contribution in [0.5, 0.6) is 5.75 Å². The quantitative estimate of drug-likeness (QED) is 0.679. The van der Waals surface area contributed by atoms with Gasteiger partial charge < -0.3 is 9.64 Å². The molecule has 0 N–H and O–H groups in total. The van der Waals surface area contributed by atoms with Gasteiger partial charge in [0.25, 0.3) is 5.91 Å². The summed E-state index contributed by atoms with van der Waals surface area (Å²) < 4.78 is 19.1. The predicted octanol–water partition coefficient (Wildman–Crippen LogP) is 4.96. The van der Waals surface area contributed by atoms with E-state index in [9.17, 15) is 9.18 Å². The number of carbonyl (C=O) groups excluding carboxylic acids is 1. The highest BCUT2D eigenvalue weighted by atomic mass is 19.1. The molecule has 1 fully saturated rings. The number of hydrogen-bond acceptors (Lipinski definition) is 3. The minimum Gasteiger partial charge on any atom is -0.487 e. The van der Waals surface area contributed by atoms with Crippen LogP contribution in [0.4, 0.5) is 4.39 Å². The second-order valence-electron chi connectivity index (χ2n) is 7.39. The SMILES string of the molecule is CC[C@@H](C)C/C=C/c1cncc(O[C@H]2CCN(C(=O)c3ccc(F)cc3)C2)c1. The van der Waals surface area contributed by atoms with Crippen LogP contribution < -0.4 is 4.74 Å². The lowest BCUT2D eigenvalue weighted by molar-refractivity contribution is 0.0772. The summed E-state index contributed by atoms with van der Waals surface area (Å²) in [5.74, 6) is 0.953. The summed E-state index contributed by atoms with van der Waals surface area (Å²) >= 11 is 0. The third kappa shape index (κ3) is 5.41. The monoisotopic (exact) mass is 382 g/mol. The molecule has 4 nitrogen and oxygen atoms in total. The number of nitrogens with zero attached hydrogens (tertiary/aromatic N) is 2. The first-order valence-electron chi connectivity index (χ1n) is 9.88. The molecule has 1 aromatic carbocycles. The lowest BCUT2D eigenvalue weighted by atomic mass is 10.0. The van der Waals surface area contributed by atoms with Crippen molar-refractivity contribution in [3.63, 3.8) is 0 Å². The van der Waals surface area contributed by atoms with Crippen LogP contribution in [0.25, 0.3) is 6.08 Å². The molecule has 3 rings (SSSR count). The summed E-state index contributed by atoms with van der Waals surface area (Å²) in [5.41, 5.74) is 1.51. The molecule has 2 heterocycles. The Morgan fingerprint density at radius 3 is 2.89 bits per heavy atom. The van der Waals surface area contributed by atoms with Gasteiger partial charge in [-0.15, -0.1) is 0 Å². The standard InChI is InChI=1S/C23H27FN2O2/c1-3-17(2)5-4-6-18-13-22(15-25-14-18)28-21-11-12-26(16-21)23(27)19-7-9-20(24)10-8-19/h4,6-10,13-15,17,21H,3,5,11-12,16H2,1-2H3/b6-4+/t17-,21+/m1/s1. The molecule has 148 valence electrons. The number of likely N-dealkylation sites (tertiary alicyclic amines) is 1. The van der Waals surface area contributed by atoms with Crippen molar-refractivity contribution < 1.29 is 13.9 Å². The summed E-state index contributed by atoms with van der Waals surface area (Å²) in [4.78, 5) is 18.5. The second kappa shape index (κ2) is 9.49. The van der Waals surface area contributed by atoms with Crippen LogP contribution in [0, 0.1) is 11.7 Å². The first kappa shape index (κ1) is 20.1. The highest BCUT2D eigenvalue weighted by molar-refractivity contribution is 5.94. The van der Waals surface area contributed by atoms with E-state index in [1.165, 1.54) is 30.7 Å². The van der Waals surface area contributed by atoms with E-state index in [0.717, 1.165) is 18.4 Å². The molecule has 1 aromatic heterocycles. The Labute approximate surface area is 166 Å². The van der Waals surface area contributed by atoms with E-state index in [1.807, 2.05) is 12.3 Å². The Morgan fingerprint density at radius 2 is 2.14 bits per heavy atom. The van der Waals surface area contributed by atoms with Gasteiger partial charge in [-0.05, 0) is 48.2 Å². The number of hydrogen-bond donors (Lipinski definition) is 0. The minimum atomic E-state index is -0.343.